The number of halogens is 1. The highest BCUT2D eigenvalue weighted by Gasteiger charge is 2.19. The molecule has 39 heavy (non-hydrogen) atoms. The molecule has 0 fully saturated rings. The summed E-state index contributed by atoms with van der Waals surface area (Å²) in [6.07, 6.45) is -0.00751. The molecule has 1 aliphatic heterocycles. The normalized spacial score (nSPS) is 13.9. The summed E-state index contributed by atoms with van der Waals surface area (Å²) in [5.74, 6) is 1.94. The van der Waals surface area contributed by atoms with Crippen LogP contribution in [0, 0.1) is 6.92 Å². The van der Waals surface area contributed by atoms with Gasteiger partial charge in [0.25, 0.3) is 0 Å². The Bertz CT molecular complexity index is 1550. The van der Waals surface area contributed by atoms with E-state index in [4.69, 9.17) is 16.0 Å². The fraction of sp³-hybridized carbons (Fsp3) is 0.129. The summed E-state index contributed by atoms with van der Waals surface area (Å²) >= 11 is 5.90. The lowest BCUT2D eigenvalue weighted by Crippen LogP contribution is -2.27. The lowest BCUT2D eigenvalue weighted by molar-refractivity contribution is 0.574. The Morgan fingerprint density at radius 3 is 2.10 bits per heavy atom. The molecule has 0 radical (unpaired) electrons. The van der Waals surface area contributed by atoms with Gasteiger partial charge in [-0.1, -0.05) is 60.1 Å². The third-order valence-electron chi connectivity index (χ3n) is 6.27. The predicted molar refractivity (Wildman–Crippen MR) is 158 cm³/mol. The van der Waals surface area contributed by atoms with Gasteiger partial charge in [0.1, 0.15) is 6.17 Å². The number of anilines is 1. The zero-order valence-corrected chi connectivity index (χ0v) is 22.7. The lowest BCUT2D eigenvalue weighted by Gasteiger charge is -2.16. The molecule has 0 spiro atoms. The van der Waals surface area contributed by atoms with E-state index in [1.165, 1.54) is 5.69 Å². The highest BCUT2D eigenvalue weighted by molar-refractivity contribution is 6.30. The van der Waals surface area contributed by atoms with Crippen molar-refractivity contribution in [2.24, 2.45) is 5.10 Å². The molecule has 1 aromatic heterocycles. The van der Waals surface area contributed by atoms with E-state index in [2.05, 4.69) is 55.2 Å². The van der Waals surface area contributed by atoms with Crippen molar-refractivity contribution in [1.82, 2.24) is 20.9 Å². The van der Waals surface area contributed by atoms with E-state index < -0.39 is 0 Å². The minimum atomic E-state index is -0.00751. The molecule has 6 rings (SSSR count). The first-order chi connectivity index (χ1) is 19.0. The van der Waals surface area contributed by atoms with Crippen molar-refractivity contribution < 1.29 is 4.42 Å². The van der Waals surface area contributed by atoms with E-state index in [0.29, 0.717) is 11.8 Å². The molecule has 1 atom stereocenters. The zero-order valence-electron chi connectivity index (χ0n) is 22.0. The quantitative estimate of drug-likeness (QED) is 0.261. The molecule has 0 saturated carbocycles. The lowest BCUT2D eigenvalue weighted by atomic mass is 10.1. The van der Waals surface area contributed by atoms with Crippen LogP contribution in [-0.4, -0.2) is 30.1 Å². The molecule has 1 unspecified atom stereocenters. The molecule has 0 bridgehead atoms. The van der Waals surface area contributed by atoms with Crippen LogP contribution >= 0.6 is 11.6 Å². The Morgan fingerprint density at radius 1 is 0.744 bits per heavy atom. The SMILES string of the molecule is CN(C)c1ccc(C2NN=C(c3ccc(Cl)cc3)N2)cc1.Cc1ccccc1-c1nnc(-c2ccccc2)o1. The topological polar surface area (TPSA) is 78.6 Å². The van der Waals surface area contributed by atoms with Gasteiger partial charge in [0.15, 0.2) is 5.84 Å². The van der Waals surface area contributed by atoms with Gasteiger partial charge in [-0.15, -0.1) is 10.2 Å². The van der Waals surface area contributed by atoms with Gasteiger partial charge in [0.2, 0.25) is 11.8 Å². The molecule has 5 aromatic rings. The number of amidine groups is 1. The Hall–Kier alpha value is -4.62. The van der Waals surface area contributed by atoms with Crippen molar-refractivity contribution >= 4 is 23.1 Å². The maximum Gasteiger partial charge on any atom is 0.248 e. The second kappa shape index (κ2) is 11.8. The predicted octanol–water partition coefficient (Wildman–Crippen LogP) is 6.67. The molecular formula is C31H29ClN6O. The average molecular weight is 537 g/mol. The van der Waals surface area contributed by atoms with Crippen LogP contribution in [0.3, 0.4) is 0 Å². The van der Waals surface area contributed by atoms with Gasteiger partial charge in [-0.2, -0.15) is 5.10 Å². The number of hydrogen-bond donors (Lipinski definition) is 2. The van der Waals surface area contributed by atoms with Crippen LogP contribution in [0.25, 0.3) is 22.9 Å². The minimum Gasteiger partial charge on any atom is -0.416 e. The van der Waals surface area contributed by atoms with Crippen molar-refractivity contribution in [3.63, 3.8) is 0 Å². The van der Waals surface area contributed by atoms with E-state index in [9.17, 15) is 0 Å². The molecule has 2 N–H and O–H groups in total. The monoisotopic (exact) mass is 536 g/mol. The summed E-state index contributed by atoms with van der Waals surface area (Å²) < 4.78 is 5.71. The summed E-state index contributed by atoms with van der Waals surface area (Å²) in [5.41, 5.74) is 9.49. The van der Waals surface area contributed by atoms with Crippen molar-refractivity contribution in [2.75, 3.05) is 19.0 Å². The fourth-order valence-corrected chi connectivity index (χ4v) is 4.18. The minimum absolute atomic E-state index is 0.00751. The third kappa shape index (κ3) is 6.27. The number of aromatic nitrogens is 2. The van der Waals surface area contributed by atoms with Crippen molar-refractivity contribution in [2.45, 2.75) is 13.1 Å². The second-order valence-electron chi connectivity index (χ2n) is 9.25. The summed E-state index contributed by atoms with van der Waals surface area (Å²) in [4.78, 5) is 2.08. The van der Waals surface area contributed by atoms with Crippen molar-refractivity contribution in [3.8, 4) is 22.9 Å². The van der Waals surface area contributed by atoms with E-state index in [-0.39, 0.29) is 6.17 Å². The molecule has 0 amide bonds. The summed E-state index contributed by atoms with van der Waals surface area (Å²) in [6, 6.07) is 33.8. The molecule has 4 aromatic carbocycles. The molecule has 8 heteroatoms. The number of rotatable bonds is 5. The second-order valence-corrected chi connectivity index (χ2v) is 9.69. The Labute approximate surface area is 233 Å². The van der Waals surface area contributed by atoms with Gasteiger partial charge in [0.05, 0.1) is 0 Å². The van der Waals surface area contributed by atoms with Crippen LogP contribution in [-0.2, 0) is 0 Å². The molecule has 2 heterocycles. The smallest absolute Gasteiger partial charge is 0.248 e. The number of aryl methyl sites for hydroxylation is 1. The van der Waals surface area contributed by atoms with Crippen LogP contribution < -0.4 is 15.6 Å². The van der Waals surface area contributed by atoms with E-state index in [0.717, 1.165) is 38.7 Å². The van der Waals surface area contributed by atoms with E-state index in [1.807, 2.05) is 99.9 Å². The number of nitrogens with zero attached hydrogens (tertiary/aromatic N) is 4. The van der Waals surface area contributed by atoms with E-state index >= 15 is 0 Å². The molecule has 1 aliphatic rings. The van der Waals surface area contributed by atoms with Crippen LogP contribution in [0.2, 0.25) is 5.02 Å². The average Bonchev–Trinajstić information content (AvgIpc) is 3.66. The van der Waals surface area contributed by atoms with Crippen LogP contribution in [0.5, 0.6) is 0 Å². The Balaban J connectivity index is 0.000000160. The standard InChI is InChI=1S/C16H17ClN4.C15H12N2O/c1-21(2)14-9-5-12(6-10-14)16-18-15(19-20-16)11-3-7-13(17)8-4-11;1-11-7-5-6-10-13(11)15-17-16-14(18-15)12-8-3-2-4-9-12/h3-10,16,20H,1-2H3,(H,18,19);2-10H,1H3. The van der Waals surface area contributed by atoms with Gasteiger partial charge in [-0.25, -0.2) is 0 Å². The molecular weight excluding hydrogens is 508 g/mol. The number of benzene rings is 4. The van der Waals surface area contributed by atoms with Gasteiger partial charge in [-0.3, -0.25) is 5.43 Å². The zero-order chi connectivity index (χ0) is 27.2. The van der Waals surface area contributed by atoms with Gasteiger partial charge < -0.3 is 14.6 Å². The number of hydrazone groups is 1. The van der Waals surface area contributed by atoms with Crippen LogP contribution in [0.1, 0.15) is 22.9 Å². The largest absolute Gasteiger partial charge is 0.416 e. The Morgan fingerprint density at radius 2 is 1.41 bits per heavy atom. The highest BCUT2D eigenvalue weighted by Crippen LogP contribution is 2.25. The van der Waals surface area contributed by atoms with Crippen molar-refractivity contribution in [3.05, 3.63) is 125 Å². The molecule has 196 valence electrons. The Kier molecular flexibility index (Phi) is 7.89. The van der Waals surface area contributed by atoms with Crippen LogP contribution in [0.15, 0.2) is 113 Å². The first-order valence-corrected chi connectivity index (χ1v) is 12.9. The number of nitrogens with one attached hydrogen (secondary N) is 2. The van der Waals surface area contributed by atoms with Crippen molar-refractivity contribution in [1.29, 1.82) is 0 Å². The molecule has 0 saturated heterocycles. The fourth-order valence-electron chi connectivity index (χ4n) is 4.05. The number of hydrogen-bond acceptors (Lipinski definition) is 7. The summed E-state index contributed by atoms with van der Waals surface area (Å²) in [5, 5.41) is 16.6. The molecule has 0 aliphatic carbocycles. The van der Waals surface area contributed by atoms with Gasteiger partial charge >= 0.3 is 0 Å². The molecule has 7 nitrogen and oxygen atoms in total. The summed E-state index contributed by atoms with van der Waals surface area (Å²) in [6.45, 7) is 2.03. The first-order valence-electron chi connectivity index (χ1n) is 12.6. The highest BCUT2D eigenvalue weighted by atomic mass is 35.5. The summed E-state index contributed by atoms with van der Waals surface area (Å²) in [7, 11) is 4.06. The van der Waals surface area contributed by atoms with Crippen LogP contribution in [0.4, 0.5) is 5.69 Å². The maximum atomic E-state index is 5.90. The third-order valence-corrected chi connectivity index (χ3v) is 6.52. The van der Waals surface area contributed by atoms with E-state index in [1.54, 1.807) is 0 Å². The maximum absolute atomic E-state index is 5.90. The van der Waals surface area contributed by atoms with Gasteiger partial charge in [0, 0.05) is 41.5 Å². The first kappa shape index (κ1) is 26.0. The van der Waals surface area contributed by atoms with Gasteiger partial charge in [-0.05, 0) is 72.6 Å².